The number of amides is 1. The molecule has 0 bridgehead atoms. The number of fused-ring (bicyclic) bond motifs is 3. The molecule has 1 fully saturated rings. The van der Waals surface area contributed by atoms with E-state index in [0.29, 0.717) is 41.6 Å². The van der Waals surface area contributed by atoms with Crippen LogP contribution in [-0.2, 0) is 11.2 Å². The summed E-state index contributed by atoms with van der Waals surface area (Å²) >= 11 is 0. The van der Waals surface area contributed by atoms with E-state index in [-0.39, 0.29) is 30.6 Å². The van der Waals surface area contributed by atoms with Crippen LogP contribution in [0.5, 0.6) is 5.75 Å². The maximum Gasteiger partial charge on any atom is 0.258 e. The van der Waals surface area contributed by atoms with E-state index in [1.54, 1.807) is 23.1 Å². The van der Waals surface area contributed by atoms with Gasteiger partial charge >= 0.3 is 0 Å². The van der Waals surface area contributed by atoms with E-state index in [2.05, 4.69) is 22.3 Å². The number of benzene rings is 2. The van der Waals surface area contributed by atoms with E-state index >= 15 is 0 Å². The number of nitrogens with zero attached hydrogens (tertiary/aromatic N) is 4. The first-order chi connectivity index (χ1) is 16.5. The second-order valence-corrected chi connectivity index (χ2v) is 9.04. The standard InChI is InChI=1S/C26H26N4O4/c1-15(2)33-22-9-7-17(12-18(22)14-27)26-28-25(29-34-26)21-5-3-4-20-19(21)8-6-16-13-23(32)30(10-11-31)24(16)20/h3-5,7,9,12,15-16,24,31H,6,8,10-11,13H2,1-2H3/t16-,24+/m0/s1. The number of nitriles is 1. The van der Waals surface area contributed by atoms with Crippen molar-refractivity contribution in [1.29, 1.82) is 5.26 Å². The Kier molecular flexibility index (Phi) is 5.80. The first-order valence-electron chi connectivity index (χ1n) is 11.6. The molecule has 2 heterocycles. The van der Waals surface area contributed by atoms with Gasteiger partial charge < -0.3 is 19.3 Å². The van der Waals surface area contributed by atoms with E-state index in [1.165, 1.54) is 0 Å². The summed E-state index contributed by atoms with van der Waals surface area (Å²) in [6, 6.07) is 13.4. The summed E-state index contributed by atoms with van der Waals surface area (Å²) in [6.07, 6.45) is 2.21. The molecule has 174 valence electrons. The lowest BCUT2D eigenvalue weighted by atomic mass is 9.78. The Bertz CT molecular complexity index is 1280. The molecule has 0 unspecified atom stereocenters. The number of carbonyl (C=O) groups is 1. The summed E-state index contributed by atoms with van der Waals surface area (Å²) in [4.78, 5) is 19.0. The van der Waals surface area contributed by atoms with Gasteiger partial charge in [0.05, 0.1) is 24.3 Å². The molecule has 34 heavy (non-hydrogen) atoms. The average Bonchev–Trinajstić information content (AvgIpc) is 3.44. The van der Waals surface area contributed by atoms with Crippen LogP contribution in [-0.4, -0.2) is 45.3 Å². The second-order valence-electron chi connectivity index (χ2n) is 9.04. The van der Waals surface area contributed by atoms with E-state index < -0.39 is 0 Å². The van der Waals surface area contributed by atoms with Crippen LogP contribution >= 0.6 is 0 Å². The number of likely N-dealkylation sites (tertiary alicyclic amines) is 1. The van der Waals surface area contributed by atoms with Crippen molar-refractivity contribution < 1.29 is 19.2 Å². The number of ether oxygens (including phenoxy) is 1. The topological polar surface area (TPSA) is 112 Å². The normalized spacial score (nSPS) is 19.1. The first kappa shape index (κ1) is 22.1. The molecule has 8 heteroatoms. The zero-order valence-corrected chi connectivity index (χ0v) is 19.2. The summed E-state index contributed by atoms with van der Waals surface area (Å²) in [5, 5.41) is 23.2. The zero-order valence-electron chi connectivity index (χ0n) is 19.2. The van der Waals surface area contributed by atoms with Gasteiger partial charge in [-0.1, -0.05) is 23.4 Å². The molecule has 0 saturated carbocycles. The molecule has 2 aromatic carbocycles. The van der Waals surface area contributed by atoms with Gasteiger partial charge in [-0.3, -0.25) is 4.79 Å². The molecule has 1 aromatic heterocycles. The Morgan fingerprint density at radius 3 is 2.94 bits per heavy atom. The van der Waals surface area contributed by atoms with Crippen LogP contribution in [0.1, 0.15) is 49.4 Å². The number of β-amino-alcohol motifs (C(OH)–C–C–N with tert-alkyl or cyclic N) is 1. The van der Waals surface area contributed by atoms with Gasteiger partial charge in [0, 0.05) is 24.1 Å². The smallest absolute Gasteiger partial charge is 0.258 e. The molecule has 1 aliphatic heterocycles. The van der Waals surface area contributed by atoms with Gasteiger partial charge in [-0.05, 0) is 61.9 Å². The molecule has 8 nitrogen and oxygen atoms in total. The number of rotatable bonds is 6. The largest absolute Gasteiger partial charge is 0.490 e. The van der Waals surface area contributed by atoms with Crippen LogP contribution in [0.3, 0.4) is 0 Å². The zero-order chi connectivity index (χ0) is 23.8. The highest BCUT2D eigenvalue weighted by Gasteiger charge is 2.43. The summed E-state index contributed by atoms with van der Waals surface area (Å²) in [6.45, 7) is 4.11. The van der Waals surface area contributed by atoms with Gasteiger partial charge in [-0.2, -0.15) is 10.2 Å². The third-order valence-corrected chi connectivity index (χ3v) is 6.55. The quantitative estimate of drug-likeness (QED) is 0.596. The lowest BCUT2D eigenvalue weighted by Crippen LogP contribution is -2.33. The van der Waals surface area contributed by atoms with E-state index in [0.717, 1.165) is 29.5 Å². The van der Waals surface area contributed by atoms with Crippen molar-refractivity contribution in [2.75, 3.05) is 13.2 Å². The van der Waals surface area contributed by atoms with Crippen LogP contribution in [0, 0.1) is 17.2 Å². The van der Waals surface area contributed by atoms with Gasteiger partial charge in [0.15, 0.2) is 0 Å². The maximum atomic E-state index is 12.5. The fourth-order valence-electron chi connectivity index (χ4n) is 5.17. The predicted octanol–water partition coefficient (Wildman–Crippen LogP) is 3.89. The van der Waals surface area contributed by atoms with E-state index in [4.69, 9.17) is 9.26 Å². The highest BCUT2D eigenvalue weighted by Crippen LogP contribution is 2.47. The van der Waals surface area contributed by atoms with Crippen LogP contribution in [0.2, 0.25) is 0 Å². The van der Waals surface area contributed by atoms with E-state index in [9.17, 15) is 15.2 Å². The molecule has 0 spiro atoms. The second kappa shape index (κ2) is 8.92. The number of carbonyl (C=O) groups excluding carboxylic acids is 1. The fourth-order valence-corrected chi connectivity index (χ4v) is 5.17. The molecule has 1 amide bonds. The molecule has 0 radical (unpaired) electrons. The molecule has 1 aliphatic carbocycles. The fraction of sp³-hybridized carbons (Fsp3) is 0.385. The predicted molar refractivity (Wildman–Crippen MR) is 124 cm³/mol. The molecule has 5 rings (SSSR count). The molecular weight excluding hydrogens is 432 g/mol. The van der Waals surface area contributed by atoms with Crippen molar-refractivity contribution in [2.24, 2.45) is 5.92 Å². The monoisotopic (exact) mass is 458 g/mol. The van der Waals surface area contributed by atoms with Crippen molar-refractivity contribution in [2.45, 2.75) is 45.3 Å². The number of aliphatic hydroxyl groups excluding tert-OH is 1. The van der Waals surface area contributed by atoms with Crippen molar-refractivity contribution in [3.8, 4) is 34.7 Å². The highest BCUT2D eigenvalue weighted by molar-refractivity contribution is 5.80. The third-order valence-electron chi connectivity index (χ3n) is 6.55. The Morgan fingerprint density at radius 2 is 2.18 bits per heavy atom. The van der Waals surface area contributed by atoms with Crippen LogP contribution in [0.4, 0.5) is 0 Å². The summed E-state index contributed by atoms with van der Waals surface area (Å²) in [5.41, 5.74) is 4.15. The van der Waals surface area contributed by atoms with Crippen molar-refractivity contribution in [1.82, 2.24) is 15.0 Å². The van der Waals surface area contributed by atoms with Crippen LogP contribution in [0.15, 0.2) is 40.9 Å². The first-order valence-corrected chi connectivity index (χ1v) is 11.6. The van der Waals surface area contributed by atoms with Crippen LogP contribution < -0.4 is 4.74 Å². The SMILES string of the molecule is CC(C)Oc1ccc(-c2nc(-c3cccc4c3CC[C@H]3CC(=O)N(CCO)[C@@H]43)no2)cc1C#N. The van der Waals surface area contributed by atoms with Crippen molar-refractivity contribution in [3.05, 3.63) is 53.1 Å². The molecule has 3 aromatic rings. The molecule has 2 atom stereocenters. The Hall–Kier alpha value is -3.70. The summed E-state index contributed by atoms with van der Waals surface area (Å²) < 4.78 is 11.3. The van der Waals surface area contributed by atoms with Crippen molar-refractivity contribution in [3.63, 3.8) is 0 Å². The summed E-state index contributed by atoms with van der Waals surface area (Å²) in [7, 11) is 0. The van der Waals surface area contributed by atoms with Gasteiger partial charge in [0.2, 0.25) is 11.7 Å². The Labute approximate surface area is 197 Å². The molecule has 1 saturated heterocycles. The van der Waals surface area contributed by atoms with Crippen molar-refractivity contribution >= 4 is 5.91 Å². The van der Waals surface area contributed by atoms with Gasteiger partial charge in [-0.15, -0.1) is 0 Å². The lowest BCUT2D eigenvalue weighted by Gasteiger charge is -2.34. The number of aromatic nitrogens is 2. The summed E-state index contributed by atoms with van der Waals surface area (Å²) in [5.74, 6) is 1.68. The minimum absolute atomic E-state index is 0.0265. The Balaban J connectivity index is 1.49. The average molecular weight is 459 g/mol. The highest BCUT2D eigenvalue weighted by atomic mass is 16.5. The minimum atomic E-state index is -0.0517. The maximum absolute atomic E-state index is 12.5. The van der Waals surface area contributed by atoms with Gasteiger partial charge in [0.25, 0.3) is 5.89 Å². The molecule has 2 aliphatic rings. The third kappa shape index (κ3) is 3.82. The Morgan fingerprint density at radius 1 is 1.32 bits per heavy atom. The van der Waals surface area contributed by atoms with Gasteiger partial charge in [-0.25, -0.2) is 0 Å². The number of hydrogen-bond acceptors (Lipinski definition) is 7. The number of aliphatic hydroxyl groups is 1. The van der Waals surface area contributed by atoms with Crippen LogP contribution in [0.25, 0.3) is 22.8 Å². The lowest BCUT2D eigenvalue weighted by molar-refractivity contribution is -0.129. The minimum Gasteiger partial charge on any atom is -0.490 e. The van der Waals surface area contributed by atoms with Gasteiger partial charge in [0.1, 0.15) is 11.8 Å². The van der Waals surface area contributed by atoms with E-state index in [1.807, 2.05) is 26.0 Å². The number of hydrogen-bond donors (Lipinski definition) is 1. The molecule has 1 N–H and O–H groups in total. The molecular formula is C26H26N4O4.